The minimum absolute atomic E-state index is 0.0664. The highest BCUT2D eigenvalue weighted by atomic mass is 32.1. The molecule has 86 valence electrons. The molecule has 1 atom stereocenters. The number of alkyl halides is 3. The molecule has 0 radical (unpaired) electrons. The van der Waals surface area contributed by atoms with E-state index in [1.165, 1.54) is 7.11 Å². The normalized spacial score (nSPS) is 13.9. The quantitative estimate of drug-likeness (QED) is 0.878. The Morgan fingerprint density at radius 3 is 2.73 bits per heavy atom. The standard InChI is InChI=1S/C8H11F3N2OS/c1-5(14-2)3-12-7-13-6(4-15-7)8(9,10)11/h4-5H,3H2,1-2H3,(H,12,13). The summed E-state index contributed by atoms with van der Waals surface area (Å²) in [7, 11) is 1.54. The Kier molecular flexibility index (Phi) is 3.92. The lowest BCUT2D eigenvalue weighted by molar-refractivity contribution is -0.140. The van der Waals surface area contributed by atoms with Gasteiger partial charge in [-0.2, -0.15) is 13.2 Å². The Bertz CT molecular complexity index is 313. The summed E-state index contributed by atoms with van der Waals surface area (Å²) in [6.45, 7) is 2.24. The number of nitrogens with zero attached hydrogens (tertiary/aromatic N) is 1. The molecule has 0 spiro atoms. The highest BCUT2D eigenvalue weighted by molar-refractivity contribution is 7.13. The second-order valence-electron chi connectivity index (χ2n) is 2.96. The van der Waals surface area contributed by atoms with Crippen molar-refractivity contribution in [1.82, 2.24) is 4.98 Å². The van der Waals surface area contributed by atoms with Gasteiger partial charge in [0.1, 0.15) is 0 Å². The number of rotatable bonds is 4. The molecular formula is C8H11F3N2OS. The van der Waals surface area contributed by atoms with Crippen molar-refractivity contribution in [1.29, 1.82) is 0 Å². The third kappa shape index (κ3) is 3.67. The van der Waals surface area contributed by atoms with Crippen LogP contribution in [0.3, 0.4) is 0 Å². The zero-order valence-corrected chi connectivity index (χ0v) is 9.08. The van der Waals surface area contributed by atoms with Gasteiger partial charge in [-0.25, -0.2) is 4.98 Å². The fraction of sp³-hybridized carbons (Fsp3) is 0.625. The van der Waals surface area contributed by atoms with E-state index in [-0.39, 0.29) is 11.2 Å². The van der Waals surface area contributed by atoms with Crippen molar-refractivity contribution in [3.8, 4) is 0 Å². The van der Waals surface area contributed by atoms with Crippen molar-refractivity contribution < 1.29 is 17.9 Å². The molecule has 1 N–H and O–H groups in total. The fourth-order valence-corrected chi connectivity index (χ4v) is 1.53. The van der Waals surface area contributed by atoms with Gasteiger partial charge >= 0.3 is 6.18 Å². The van der Waals surface area contributed by atoms with Gasteiger partial charge in [-0.05, 0) is 6.92 Å². The first-order valence-corrected chi connectivity index (χ1v) is 5.11. The van der Waals surface area contributed by atoms with Crippen LogP contribution in [0.15, 0.2) is 5.38 Å². The number of hydrogen-bond acceptors (Lipinski definition) is 4. The molecule has 0 bridgehead atoms. The second-order valence-corrected chi connectivity index (χ2v) is 3.82. The number of anilines is 1. The van der Waals surface area contributed by atoms with Gasteiger partial charge in [0.05, 0.1) is 6.10 Å². The van der Waals surface area contributed by atoms with Crippen LogP contribution in [0, 0.1) is 0 Å². The van der Waals surface area contributed by atoms with Crippen molar-refractivity contribution >= 4 is 16.5 Å². The summed E-state index contributed by atoms with van der Waals surface area (Å²) in [5, 5.41) is 4.01. The molecule has 0 amide bonds. The third-order valence-corrected chi connectivity index (χ3v) is 2.54. The average molecular weight is 240 g/mol. The van der Waals surface area contributed by atoms with Crippen LogP contribution in [-0.4, -0.2) is 24.7 Å². The Balaban J connectivity index is 2.54. The van der Waals surface area contributed by atoms with Crippen molar-refractivity contribution in [2.45, 2.75) is 19.2 Å². The maximum atomic E-state index is 12.2. The largest absolute Gasteiger partial charge is 0.434 e. The molecule has 0 saturated heterocycles. The van der Waals surface area contributed by atoms with Gasteiger partial charge in [-0.15, -0.1) is 11.3 Å². The van der Waals surface area contributed by atoms with Gasteiger partial charge in [-0.3, -0.25) is 0 Å². The molecule has 1 heterocycles. The van der Waals surface area contributed by atoms with Crippen LogP contribution in [0.25, 0.3) is 0 Å². The van der Waals surface area contributed by atoms with E-state index < -0.39 is 11.9 Å². The predicted octanol–water partition coefficient (Wildman–Crippen LogP) is 2.61. The van der Waals surface area contributed by atoms with Gasteiger partial charge in [0.15, 0.2) is 10.8 Å². The lowest BCUT2D eigenvalue weighted by Gasteiger charge is -2.09. The first-order valence-electron chi connectivity index (χ1n) is 4.23. The summed E-state index contributed by atoms with van der Waals surface area (Å²) < 4.78 is 41.4. The Hall–Kier alpha value is -0.820. The van der Waals surface area contributed by atoms with E-state index in [0.29, 0.717) is 6.54 Å². The van der Waals surface area contributed by atoms with Crippen LogP contribution in [0.4, 0.5) is 18.3 Å². The van der Waals surface area contributed by atoms with Crippen LogP contribution < -0.4 is 5.32 Å². The highest BCUT2D eigenvalue weighted by Gasteiger charge is 2.33. The number of ether oxygens (including phenoxy) is 1. The first kappa shape index (κ1) is 12.3. The molecule has 7 heteroatoms. The molecule has 1 rings (SSSR count). The molecule has 15 heavy (non-hydrogen) atoms. The van der Waals surface area contributed by atoms with Crippen LogP contribution in [0.5, 0.6) is 0 Å². The summed E-state index contributed by atoms with van der Waals surface area (Å²) in [5.74, 6) is 0. The Labute approximate surface area is 89.3 Å². The molecule has 1 aromatic rings. The average Bonchev–Trinajstić information content (AvgIpc) is 2.61. The lowest BCUT2D eigenvalue weighted by atomic mass is 10.4. The van der Waals surface area contributed by atoms with Crippen molar-refractivity contribution in [2.75, 3.05) is 19.0 Å². The molecule has 1 unspecified atom stereocenters. The fourth-order valence-electron chi connectivity index (χ4n) is 0.800. The number of aromatic nitrogens is 1. The summed E-state index contributed by atoms with van der Waals surface area (Å²) >= 11 is 0.931. The third-order valence-electron chi connectivity index (χ3n) is 1.74. The summed E-state index contributed by atoms with van der Waals surface area (Å²) in [5.41, 5.74) is -0.861. The molecule has 3 nitrogen and oxygen atoms in total. The summed E-state index contributed by atoms with van der Waals surface area (Å²) in [4.78, 5) is 3.41. The Morgan fingerprint density at radius 2 is 2.27 bits per heavy atom. The van der Waals surface area contributed by atoms with Gasteiger partial charge < -0.3 is 10.1 Å². The van der Waals surface area contributed by atoms with E-state index in [0.717, 1.165) is 16.7 Å². The van der Waals surface area contributed by atoms with Gasteiger partial charge in [0.25, 0.3) is 0 Å². The number of halogens is 3. The Morgan fingerprint density at radius 1 is 1.60 bits per heavy atom. The lowest BCUT2D eigenvalue weighted by Crippen LogP contribution is -2.18. The van der Waals surface area contributed by atoms with Crippen LogP contribution in [0.2, 0.25) is 0 Å². The van der Waals surface area contributed by atoms with E-state index in [2.05, 4.69) is 10.3 Å². The minimum Gasteiger partial charge on any atom is -0.380 e. The predicted molar refractivity (Wildman–Crippen MR) is 52.1 cm³/mol. The summed E-state index contributed by atoms with van der Waals surface area (Å²) in [6, 6.07) is 0. The molecular weight excluding hydrogens is 229 g/mol. The number of nitrogens with one attached hydrogen (secondary N) is 1. The topological polar surface area (TPSA) is 34.1 Å². The molecule has 0 saturated carbocycles. The van der Waals surface area contributed by atoms with Crippen molar-refractivity contribution in [3.63, 3.8) is 0 Å². The molecule has 0 fully saturated rings. The van der Waals surface area contributed by atoms with Crippen LogP contribution in [-0.2, 0) is 10.9 Å². The zero-order chi connectivity index (χ0) is 11.5. The van der Waals surface area contributed by atoms with E-state index in [1.54, 1.807) is 0 Å². The molecule has 0 aromatic carbocycles. The van der Waals surface area contributed by atoms with E-state index in [9.17, 15) is 13.2 Å². The molecule has 0 aliphatic carbocycles. The second kappa shape index (κ2) is 4.80. The smallest absolute Gasteiger partial charge is 0.380 e. The number of methoxy groups -OCH3 is 1. The van der Waals surface area contributed by atoms with Gasteiger partial charge in [0.2, 0.25) is 0 Å². The van der Waals surface area contributed by atoms with E-state index in [1.807, 2.05) is 6.92 Å². The van der Waals surface area contributed by atoms with Crippen molar-refractivity contribution in [3.05, 3.63) is 11.1 Å². The first-order chi connectivity index (χ1) is 6.93. The molecule has 0 aliphatic rings. The highest BCUT2D eigenvalue weighted by Crippen LogP contribution is 2.31. The van der Waals surface area contributed by atoms with E-state index >= 15 is 0 Å². The number of hydrogen-bond donors (Lipinski definition) is 1. The maximum Gasteiger partial charge on any atom is 0.434 e. The monoisotopic (exact) mass is 240 g/mol. The van der Waals surface area contributed by atoms with Gasteiger partial charge in [-0.1, -0.05) is 0 Å². The molecule has 1 aromatic heterocycles. The van der Waals surface area contributed by atoms with Crippen LogP contribution in [0.1, 0.15) is 12.6 Å². The molecule has 0 aliphatic heterocycles. The van der Waals surface area contributed by atoms with Crippen LogP contribution >= 0.6 is 11.3 Å². The SMILES string of the molecule is COC(C)CNc1nc(C(F)(F)F)cs1. The van der Waals surface area contributed by atoms with Gasteiger partial charge in [0, 0.05) is 19.0 Å². The van der Waals surface area contributed by atoms with E-state index in [4.69, 9.17) is 4.74 Å². The minimum atomic E-state index is -4.37. The maximum absolute atomic E-state index is 12.2. The van der Waals surface area contributed by atoms with Crippen molar-refractivity contribution in [2.24, 2.45) is 0 Å². The zero-order valence-electron chi connectivity index (χ0n) is 8.26. The number of thiazole rings is 1. The summed E-state index contributed by atoms with van der Waals surface area (Å²) in [6.07, 6.45) is -4.44.